The van der Waals surface area contributed by atoms with Crippen LogP contribution in [0.5, 0.6) is 11.5 Å². The molecule has 2 atom stereocenters. The molecule has 0 spiro atoms. The van der Waals surface area contributed by atoms with E-state index in [4.69, 9.17) is 9.47 Å². The van der Waals surface area contributed by atoms with Gasteiger partial charge in [-0.05, 0) is 31.0 Å². The summed E-state index contributed by atoms with van der Waals surface area (Å²) in [5.41, 5.74) is 2.09. The predicted molar refractivity (Wildman–Crippen MR) is 105 cm³/mol. The molecule has 7 heteroatoms. The van der Waals surface area contributed by atoms with Crippen LogP contribution in [0.1, 0.15) is 17.5 Å². The fourth-order valence-electron chi connectivity index (χ4n) is 3.62. The van der Waals surface area contributed by atoms with Crippen molar-refractivity contribution in [1.29, 1.82) is 0 Å². The molecular weight excluding hydrogens is 378 g/mol. The van der Waals surface area contributed by atoms with Crippen LogP contribution in [-0.2, 0) is 21.2 Å². The van der Waals surface area contributed by atoms with Crippen molar-refractivity contribution in [3.05, 3.63) is 59.7 Å². The Hall–Kier alpha value is -2.54. The fourth-order valence-corrected chi connectivity index (χ4v) is 5.36. The maximum atomic E-state index is 13.3. The summed E-state index contributed by atoms with van der Waals surface area (Å²) in [5, 5.41) is 0. The Morgan fingerprint density at radius 3 is 2.50 bits per heavy atom. The number of aryl methyl sites for hydroxylation is 1. The van der Waals surface area contributed by atoms with Gasteiger partial charge in [0.05, 0.1) is 11.5 Å². The minimum atomic E-state index is -3.12. The van der Waals surface area contributed by atoms with E-state index in [1.165, 1.54) is 0 Å². The molecule has 2 aliphatic rings. The number of hydrogen-bond acceptors (Lipinski definition) is 5. The van der Waals surface area contributed by atoms with Gasteiger partial charge < -0.3 is 14.4 Å². The zero-order chi connectivity index (χ0) is 19.7. The summed E-state index contributed by atoms with van der Waals surface area (Å²) < 4.78 is 35.6. The Labute approximate surface area is 165 Å². The third-order valence-corrected chi connectivity index (χ3v) is 6.94. The highest BCUT2D eigenvalue weighted by Gasteiger charge is 2.39. The van der Waals surface area contributed by atoms with Crippen LogP contribution in [0.3, 0.4) is 0 Å². The van der Waals surface area contributed by atoms with Crippen LogP contribution in [0.2, 0.25) is 0 Å². The number of hydrogen-bond donors (Lipinski definition) is 0. The zero-order valence-corrected chi connectivity index (χ0v) is 16.5. The van der Waals surface area contributed by atoms with Crippen LogP contribution in [0, 0.1) is 6.92 Å². The van der Waals surface area contributed by atoms with Crippen LogP contribution in [-0.4, -0.2) is 49.5 Å². The van der Waals surface area contributed by atoms with Gasteiger partial charge in [0.25, 0.3) is 5.91 Å². The summed E-state index contributed by atoms with van der Waals surface area (Å²) in [4.78, 5) is 15.0. The summed E-state index contributed by atoms with van der Waals surface area (Å²) >= 11 is 0. The third-order valence-electron chi connectivity index (χ3n) is 5.19. The van der Waals surface area contributed by atoms with E-state index in [0.717, 1.165) is 11.1 Å². The van der Waals surface area contributed by atoms with Gasteiger partial charge in [-0.25, -0.2) is 8.42 Å². The second-order valence-corrected chi connectivity index (χ2v) is 9.60. The van der Waals surface area contributed by atoms with Gasteiger partial charge in [0.15, 0.2) is 21.3 Å². The number of para-hydroxylation sites is 2. The predicted octanol–water partition coefficient (Wildman–Crippen LogP) is 2.35. The van der Waals surface area contributed by atoms with Gasteiger partial charge in [0.2, 0.25) is 6.10 Å². The van der Waals surface area contributed by atoms with Crippen LogP contribution in [0.4, 0.5) is 0 Å². The topological polar surface area (TPSA) is 72.9 Å². The van der Waals surface area contributed by atoms with E-state index in [2.05, 4.69) is 0 Å². The van der Waals surface area contributed by atoms with Crippen molar-refractivity contribution in [1.82, 2.24) is 4.90 Å². The minimum Gasteiger partial charge on any atom is -0.485 e. The Morgan fingerprint density at radius 2 is 1.82 bits per heavy atom. The van der Waals surface area contributed by atoms with Crippen molar-refractivity contribution in [2.75, 3.05) is 18.1 Å². The number of nitrogens with zero attached hydrogens (tertiary/aromatic N) is 1. The molecule has 148 valence electrons. The number of carbonyl (C=O) groups excluding carboxylic acids is 1. The SMILES string of the molecule is Cc1ccc(CN(C(=O)C2COc3ccccc3O2)C2CCS(=O)(=O)C2)cc1. The molecule has 0 N–H and O–H groups in total. The lowest BCUT2D eigenvalue weighted by molar-refractivity contribution is -0.143. The smallest absolute Gasteiger partial charge is 0.267 e. The molecule has 0 bridgehead atoms. The molecule has 1 fully saturated rings. The van der Waals surface area contributed by atoms with Gasteiger partial charge >= 0.3 is 0 Å². The van der Waals surface area contributed by atoms with E-state index >= 15 is 0 Å². The first-order valence-corrected chi connectivity index (χ1v) is 11.2. The monoisotopic (exact) mass is 401 g/mol. The molecular formula is C21H23NO5S. The average Bonchev–Trinajstić information content (AvgIpc) is 3.06. The molecule has 2 aliphatic heterocycles. The van der Waals surface area contributed by atoms with Crippen molar-refractivity contribution in [2.24, 2.45) is 0 Å². The van der Waals surface area contributed by atoms with Crippen molar-refractivity contribution < 1.29 is 22.7 Å². The summed E-state index contributed by atoms with van der Waals surface area (Å²) in [5.74, 6) is 1.01. The lowest BCUT2D eigenvalue weighted by Gasteiger charge is -2.34. The molecule has 2 unspecified atom stereocenters. The Morgan fingerprint density at radius 1 is 1.11 bits per heavy atom. The molecule has 0 aliphatic carbocycles. The number of sulfone groups is 1. The molecule has 2 aromatic rings. The van der Waals surface area contributed by atoms with E-state index < -0.39 is 15.9 Å². The first-order valence-electron chi connectivity index (χ1n) is 9.36. The average molecular weight is 401 g/mol. The summed E-state index contributed by atoms with van der Waals surface area (Å²) in [6.07, 6.45) is -0.340. The van der Waals surface area contributed by atoms with Gasteiger partial charge in [-0.3, -0.25) is 4.79 Å². The van der Waals surface area contributed by atoms with Crippen molar-refractivity contribution in [3.8, 4) is 11.5 Å². The van der Waals surface area contributed by atoms with Crippen molar-refractivity contribution in [3.63, 3.8) is 0 Å². The summed E-state index contributed by atoms with van der Waals surface area (Å²) in [7, 11) is -3.12. The number of carbonyl (C=O) groups is 1. The lowest BCUT2D eigenvalue weighted by Crippen LogP contribution is -2.50. The number of amides is 1. The Kier molecular flexibility index (Phi) is 5.02. The number of benzene rings is 2. The largest absolute Gasteiger partial charge is 0.485 e. The van der Waals surface area contributed by atoms with Gasteiger partial charge in [-0.1, -0.05) is 42.0 Å². The van der Waals surface area contributed by atoms with Crippen LogP contribution < -0.4 is 9.47 Å². The molecule has 6 nitrogen and oxygen atoms in total. The summed E-state index contributed by atoms with van der Waals surface area (Å²) in [6.45, 7) is 2.46. The molecule has 2 heterocycles. The second kappa shape index (κ2) is 7.47. The van der Waals surface area contributed by atoms with Gasteiger partial charge in [-0.2, -0.15) is 0 Å². The highest BCUT2D eigenvalue weighted by Crippen LogP contribution is 2.32. The normalized spacial score (nSPS) is 22.6. The second-order valence-electron chi connectivity index (χ2n) is 7.37. The first kappa shape index (κ1) is 18.8. The summed E-state index contributed by atoms with van der Waals surface area (Å²) in [6, 6.07) is 14.8. The molecule has 1 saturated heterocycles. The molecule has 4 rings (SSSR count). The third kappa shape index (κ3) is 3.99. The Balaban J connectivity index is 1.57. The highest BCUT2D eigenvalue weighted by atomic mass is 32.2. The molecule has 0 radical (unpaired) electrons. The van der Waals surface area contributed by atoms with E-state index in [1.807, 2.05) is 43.3 Å². The minimum absolute atomic E-state index is 0.00519. The Bertz CT molecular complexity index is 971. The van der Waals surface area contributed by atoms with E-state index in [0.29, 0.717) is 24.5 Å². The van der Waals surface area contributed by atoms with Gasteiger partial charge in [0, 0.05) is 12.6 Å². The maximum absolute atomic E-state index is 13.3. The van der Waals surface area contributed by atoms with Crippen LogP contribution in [0.15, 0.2) is 48.5 Å². The number of ether oxygens (including phenoxy) is 2. The molecule has 0 saturated carbocycles. The standard InChI is InChI=1S/C21H23NO5S/c1-15-6-8-16(9-7-15)12-22(17-10-11-28(24,25)14-17)21(23)20-13-26-18-4-2-3-5-19(18)27-20/h2-9,17,20H,10-14H2,1H3. The molecule has 0 aromatic heterocycles. The zero-order valence-electron chi connectivity index (χ0n) is 15.7. The van der Waals surface area contributed by atoms with Crippen molar-refractivity contribution in [2.45, 2.75) is 32.0 Å². The molecule has 2 aromatic carbocycles. The van der Waals surface area contributed by atoms with Crippen LogP contribution in [0.25, 0.3) is 0 Å². The van der Waals surface area contributed by atoms with E-state index in [1.54, 1.807) is 17.0 Å². The van der Waals surface area contributed by atoms with E-state index in [9.17, 15) is 13.2 Å². The molecule has 28 heavy (non-hydrogen) atoms. The lowest BCUT2D eigenvalue weighted by atomic mass is 10.1. The van der Waals surface area contributed by atoms with Crippen molar-refractivity contribution >= 4 is 15.7 Å². The van der Waals surface area contributed by atoms with Crippen LogP contribution >= 0.6 is 0 Å². The fraction of sp³-hybridized carbons (Fsp3) is 0.381. The molecule has 1 amide bonds. The number of fused-ring (bicyclic) bond motifs is 1. The van der Waals surface area contributed by atoms with Gasteiger partial charge in [-0.15, -0.1) is 0 Å². The van der Waals surface area contributed by atoms with E-state index in [-0.39, 0.29) is 30.1 Å². The quantitative estimate of drug-likeness (QED) is 0.786. The number of rotatable bonds is 4. The highest BCUT2D eigenvalue weighted by molar-refractivity contribution is 7.91. The maximum Gasteiger partial charge on any atom is 0.267 e. The first-order chi connectivity index (χ1) is 13.4. The van der Waals surface area contributed by atoms with Gasteiger partial charge in [0.1, 0.15) is 6.61 Å².